The first-order chi connectivity index (χ1) is 18.0. The molecule has 2 atom stereocenters. The first kappa shape index (κ1) is 30.5. The van der Waals surface area contributed by atoms with Crippen LogP contribution in [0.5, 0.6) is 5.75 Å². The van der Waals surface area contributed by atoms with Gasteiger partial charge in [-0.25, -0.2) is 26.0 Å². The minimum atomic E-state index is -5.09. The molecule has 2 aromatic rings. The van der Waals surface area contributed by atoms with Crippen LogP contribution in [0, 0.1) is 17.2 Å². The Labute approximate surface area is 220 Å². The van der Waals surface area contributed by atoms with E-state index < -0.39 is 99.0 Å². The predicted molar refractivity (Wildman–Crippen MR) is 127 cm³/mol. The Morgan fingerprint density at radius 2 is 1.74 bits per heavy atom. The highest BCUT2D eigenvalue weighted by Gasteiger charge is 2.45. The first-order valence-corrected chi connectivity index (χ1v) is 13.2. The third kappa shape index (κ3) is 6.59. The highest BCUT2D eigenvalue weighted by Crippen LogP contribution is 2.47. The van der Waals surface area contributed by atoms with Gasteiger partial charge in [0.1, 0.15) is 18.2 Å². The zero-order valence-corrected chi connectivity index (χ0v) is 21.9. The maximum Gasteiger partial charge on any atom is 0.420 e. The number of carbonyl (C=O) groups excluding carboxylic acids is 1. The lowest BCUT2D eigenvalue weighted by Gasteiger charge is -2.29. The number of anilines is 2. The molecule has 0 saturated carbocycles. The summed E-state index contributed by atoms with van der Waals surface area (Å²) in [6, 6.07) is 5.19. The molecule has 1 aliphatic rings. The van der Waals surface area contributed by atoms with Crippen LogP contribution < -0.4 is 9.64 Å². The van der Waals surface area contributed by atoms with Crippen LogP contribution in [0.4, 0.5) is 42.1 Å². The number of methoxy groups -OCH3 is 1. The Bertz CT molecular complexity index is 1300. The van der Waals surface area contributed by atoms with Gasteiger partial charge in [-0.2, -0.15) is 13.2 Å². The van der Waals surface area contributed by atoms with Crippen molar-refractivity contribution in [3.8, 4) is 5.75 Å². The fraction of sp³-hybridized carbons (Fsp3) is 0.480. The van der Waals surface area contributed by atoms with Crippen LogP contribution >= 0.6 is 0 Å². The summed E-state index contributed by atoms with van der Waals surface area (Å²) < 4.78 is 134. The lowest BCUT2D eigenvalue weighted by molar-refractivity contribution is -0.152. The van der Waals surface area contributed by atoms with Crippen molar-refractivity contribution in [2.75, 3.05) is 25.2 Å². The van der Waals surface area contributed by atoms with E-state index in [-0.39, 0.29) is 5.69 Å². The lowest BCUT2D eigenvalue weighted by atomic mass is 9.95. The van der Waals surface area contributed by atoms with E-state index in [1.807, 2.05) is 0 Å². The van der Waals surface area contributed by atoms with Crippen molar-refractivity contribution in [3.63, 3.8) is 0 Å². The summed E-state index contributed by atoms with van der Waals surface area (Å²) in [6.45, 7) is 1.42. The van der Waals surface area contributed by atoms with Crippen molar-refractivity contribution in [2.24, 2.45) is 11.3 Å². The summed E-state index contributed by atoms with van der Waals surface area (Å²) in [5.74, 6) is -4.06. The number of fused-ring (bicyclic) bond motifs is 1. The van der Waals surface area contributed by atoms with Crippen LogP contribution in [0.15, 0.2) is 41.3 Å². The SMILES string of the molecule is COC(=O)C(C)(C)COc1cc2c(cc1C(F)(F)F)N(c1ccc(F)cc1)C[C@@H](CCC(F)F)[C@@H](F)S2(=O)=O. The van der Waals surface area contributed by atoms with Crippen molar-refractivity contribution in [1.82, 2.24) is 0 Å². The molecule has 0 saturated heterocycles. The van der Waals surface area contributed by atoms with Gasteiger partial charge in [-0.3, -0.25) is 4.79 Å². The van der Waals surface area contributed by atoms with Crippen molar-refractivity contribution in [2.45, 2.75) is 49.7 Å². The number of rotatable bonds is 8. The average molecular weight is 586 g/mol. The summed E-state index contributed by atoms with van der Waals surface area (Å²) >= 11 is 0. The number of sulfone groups is 1. The molecule has 0 fully saturated rings. The van der Waals surface area contributed by atoms with Crippen LogP contribution in [-0.4, -0.2) is 46.6 Å². The molecule has 0 aromatic heterocycles. The molecular weight excluding hydrogens is 559 g/mol. The fourth-order valence-electron chi connectivity index (χ4n) is 4.14. The van der Waals surface area contributed by atoms with Crippen molar-refractivity contribution in [3.05, 3.63) is 47.8 Å². The summed E-state index contributed by atoms with van der Waals surface area (Å²) in [6.07, 6.45) is -9.40. The summed E-state index contributed by atoms with van der Waals surface area (Å²) in [5, 5.41) is 0. The molecule has 0 unspecified atom stereocenters. The van der Waals surface area contributed by atoms with Crippen LogP contribution in [-0.2, 0) is 25.5 Å². The van der Waals surface area contributed by atoms with Gasteiger partial charge in [-0.05, 0) is 50.6 Å². The highest BCUT2D eigenvalue weighted by molar-refractivity contribution is 7.92. The van der Waals surface area contributed by atoms with Gasteiger partial charge < -0.3 is 14.4 Å². The zero-order chi connectivity index (χ0) is 29.3. The van der Waals surface area contributed by atoms with E-state index in [0.717, 1.165) is 36.3 Å². The molecule has 3 rings (SSSR count). The average Bonchev–Trinajstić information content (AvgIpc) is 2.93. The molecule has 0 spiro atoms. The summed E-state index contributed by atoms with van der Waals surface area (Å²) in [4.78, 5) is 12.1. The fourth-order valence-corrected chi connectivity index (χ4v) is 5.84. The van der Waals surface area contributed by atoms with E-state index in [4.69, 9.17) is 4.74 Å². The van der Waals surface area contributed by atoms with E-state index in [1.54, 1.807) is 0 Å². The number of carbonyl (C=O) groups is 1. The largest absolute Gasteiger partial charge is 0.492 e. The third-order valence-corrected chi connectivity index (χ3v) is 8.19. The predicted octanol–water partition coefficient (Wildman–Crippen LogP) is 6.31. The number of benzene rings is 2. The van der Waals surface area contributed by atoms with Crippen LogP contribution in [0.2, 0.25) is 0 Å². The number of halogens is 7. The van der Waals surface area contributed by atoms with Gasteiger partial charge in [0, 0.05) is 30.6 Å². The molecule has 14 heteroatoms. The van der Waals surface area contributed by atoms with Crippen molar-refractivity contribution in [1.29, 1.82) is 0 Å². The topological polar surface area (TPSA) is 72.9 Å². The van der Waals surface area contributed by atoms with Gasteiger partial charge in [-0.15, -0.1) is 0 Å². The molecule has 0 bridgehead atoms. The van der Waals surface area contributed by atoms with Crippen LogP contribution in [0.25, 0.3) is 0 Å². The molecule has 6 nitrogen and oxygen atoms in total. The second kappa shape index (κ2) is 11.2. The number of hydrogen-bond donors (Lipinski definition) is 0. The molecule has 1 heterocycles. The molecule has 0 amide bonds. The molecule has 0 radical (unpaired) electrons. The Balaban J connectivity index is 2.25. The molecular formula is C25H26F7NO5S. The monoisotopic (exact) mass is 585 g/mol. The minimum Gasteiger partial charge on any atom is -0.492 e. The van der Waals surface area contributed by atoms with Gasteiger partial charge in [0.15, 0.2) is 0 Å². The molecule has 1 aliphatic heterocycles. The number of hydrogen-bond acceptors (Lipinski definition) is 6. The standard InChI is InChI=1S/C25H26F7NO5S/c1-24(2,23(34)37-3)13-38-19-11-20-18(10-17(19)25(30,31)32)33(16-7-5-15(26)6-8-16)12-14(4-9-21(27)28)22(29)39(20,35)36/h5-8,10-11,14,21-22H,4,9,12-13H2,1-3H3/t14-,22+/m1/s1. The molecule has 0 N–H and O–H groups in total. The minimum absolute atomic E-state index is 0.0117. The maximum absolute atomic E-state index is 15.5. The molecule has 39 heavy (non-hydrogen) atoms. The quantitative estimate of drug-likeness (QED) is 0.267. The smallest absolute Gasteiger partial charge is 0.420 e. The van der Waals surface area contributed by atoms with E-state index in [2.05, 4.69) is 4.74 Å². The Hall–Kier alpha value is -3.03. The number of esters is 1. The van der Waals surface area contributed by atoms with E-state index in [0.29, 0.717) is 12.1 Å². The Morgan fingerprint density at radius 3 is 2.28 bits per heavy atom. The van der Waals surface area contributed by atoms with E-state index in [9.17, 15) is 39.6 Å². The number of alkyl halides is 6. The molecule has 0 aliphatic carbocycles. The van der Waals surface area contributed by atoms with Crippen molar-refractivity contribution >= 4 is 27.2 Å². The summed E-state index contributed by atoms with van der Waals surface area (Å²) in [5.41, 5.74) is -6.18. The van der Waals surface area contributed by atoms with Gasteiger partial charge in [0.05, 0.1) is 28.7 Å². The lowest BCUT2D eigenvalue weighted by Crippen LogP contribution is -2.32. The van der Waals surface area contributed by atoms with Gasteiger partial charge in [0.25, 0.3) is 0 Å². The van der Waals surface area contributed by atoms with E-state index >= 15 is 4.39 Å². The Morgan fingerprint density at radius 1 is 1.13 bits per heavy atom. The summed E-state index contributed by atoms with van der Waals surface area (Å²) in [7, 11) is -3.96. The van der Waals surface area contributed by atoms with Crippen molar-refractivity contribution < 1.29 is 53.4 Å². The van der Waals surface area contributed by atoms with Gasteiger partial charge in [-0.1, -0.05) is 0 Å². The Kier molecular flexibility index (Phi) is 8.78. The van der Waals surface area contributed by atoms with E-state index in [1.165, 1.54) is 13.8 Å². The first-order valence-electron chi connectivity index (χ1n) is 11.6. The maximum atomic E-state index is 15.5. The third-order valence-electron chi connectivity index (χ3n) is 6.27. The normalized spacial score (nSPS) is 19.4. The second-order valence-electron chi connectivity index (χ2n) is 9.69. The molecule has 216 valence electrons. The van der Waals surface area contributed by atoms with Gasteiger partial charge in [0.2, 0.25) is 21.8 Å². The van der Waals surface area contributed by atoms with Gasteiger partial charge >= 0.3 is 12.1 Å². The van der Waals surface area contributed by atoms with Crippen LogP contribution in [0.1, 0.15) is 32.3 Å². The molecule has 2 aromatic carbocycles. The highest BCUT2D eigenvalue weighted by atomic mass is 32.2. The second-order valence-corrected chi connectivity index (χ2v) is 11.7. The van der Waals surface area contributed by atoms with Crippen LogP contribution in [0.3, 0.4) is 0 Å². The number of ether oxygens (including phenoxy) is 2. The number of nitrogens with zero attached hydrogens (tertiary/aromatic N) is 1. The zero-order valence-electron chi connectivity index (χ0n) is 21.1.